The monoisotopic (exact) mass is 335 g/mol. The number of nitrogens with zero attached hydrogens (tertiary/aromatic N) is 4. The molecule has 0 saturated carbocycles. The van der Waals surface area contributed by atoms with Crippen LogP contribution in [0.15, 0.2) is 18.3 Å². The number of amides is 1. The third kappa shape index (κ3) is 2.46. The number of anilines is 1. The van der Waals surface area contributed by atoms with E-state index in [1.165, 1.54) is 11.3 Å². The van der Waals surface area contributed by atoms with Gasteiger partial charge in [0.15, 0.2) is 5.15 Å². The molecule has 0 aliphatic carbocycles. The Morgan fingerprint density at radius 2 is 2.18 bits per heavy atom. The molecule has 3 heterocycles. The van der Waals surface area contributed by atoms with E-state index < -0.39 is 0 Å². The van der Waals surface area contributed by atoms with Gasteiger partial charge in [-0.25, -0.2) is 4.98 Å². The minimum Gasteiger partial charge on any atom is -0.319 e. The summed E-state index contributed by atoms with van der Waals surface area (Å²) in [7, 11) is 0. The van der Waals surface area contributed by atoms with Crippen molar-refractivity contribution in [3.05, 3.63) is 39.9 Å². The summed E-state index contributed by atoms with van der Waals surface area (Å²) in [6, 6.07) is 3.43. The van der Waals surface area contributed by atoms with Crippen LogP contribution in [0.4, 0.5) is 5.69 Å². The summed E-state index contributed by atoms with van der Waals surface area (Å²) >= 11 is 7.28. The molecule has 3 aromatic rings. The van der Waals surface area contributed by atoms with Crippen molar-refractivity contribution in [1.82, 2.24) is 19.6 Å². The van der Waals surface area contributed by atoms with Gasteiger partial charge in [0, 0.05) is 17.8 Å². The summed E-state index contributed by atoms with van der Waals surface area (Å²) in [6.07, 6.45) is 1.57. The average molecular weight is 336 g/mol. The first-order valence-corrected chi connectivity index (χ1v) is 7.94. The highest BCUT2D eigenvalue weighted by Gasteiger charge is 2.21. The third-order valence-corrected chi connectivity index (χ3v) is 4.68. The molecule has 0 aliphatic heterocycles. The number of carbonyl (C=O) groups is 1. The van der Waals surface area contributed by atoms with Crippen molar-refractivity contribution in [2.24, 2.45) is 0 Å². The van der Waals surface area contributed by atoms with E-state index in [-0.39, 0.29) is 17.0 Å². The Morgan fingerprint density at radius 3 is 2.86 bits per heavy atom. The lowest BCUT2D eigenvalue weighted by atomic mass is 10.2. The van der Waals surface area contributed by atoms with Gasteiger partial charge in [0.1, 0.15) is 10.7 Å². The SMILES string of the molecule is Cc1c(C(=O)Nc2cccnc2Cl)sc2nnc(C(C)C)n12. The molecular weight excluding hydrogens is 322 g/mol. The number of pyridine rings is 1. The fraction of sp³-hybridized carbons (Fsp3) is 0.286. The Kier molecular flexibility index (Phi) is 3.84. The zero-order valence-electron chi connectivity index (χ0n) is 12.3. The minimum absolute atomic E-state index is 0.224. The Bertz CT molecular complexity index is 854. The molecule has 3 aromatic heterocycles. The lowest BCUT2D eigenvalue weighted by Crippen LogP contribution is -2.13. The standard InChI is InChI=1S/C14H14ClN5OS/c1-7(2)12-18-19-14-20(12)8(3)10(22-14)13(21)17-9-5-4-6-16-11(9)15/h4-7H,1-3H3,(H,17,21). The Morgan fingerprint density at radius 1 is 1.41 bits per heavy atom. The highest BCUT2D eigenvalue weighted by Crippen LogP contribution is 2.27. The zero-order chi connectivity index (χ0) is 15.9. The summed E-state index contributed by atoms with van der Waals surface area (Å²) in [4.78, 5) is 17.7. The van der Waals surface area contributed by atoms with Crippen LogP contribution in [0.3, 0.4) is 0 Å². The normalized spacial score (nSPS) is 11.3. The third-order valence-electron chi connectivity index (χ3n) is 3.25. The highest BCUT2D eigenvalue weighted by atomic mass is 35.5. The lowest BCUT2D eigenvalue weighted by molar-refractivity contribution is 0.102. The second-order valence-electron chi connectivity index (χ2n) is 5.14. The predicted octanol–water partition coefficient (Wildman–Crippen LogP) is 3.52. The summed E-state index contributed by atoms with van der Waals surface area (Å²) in [5, 5.41) is 11.4. The van der Waals surface area contributed by atoms with E-state index in [1.807, 2.05) is 25.2 Å². The first kappa shape index (κ1) is 14.9. The van der Waals surface area contributed by atoms with Crippen molar-refractivity contribution in [2.75, 3.05) is 5.32 Å². The second kappa shape index (κ2) is 5.66. The van der Waals surface area contributed by atoms with Crippen LogP contribution in [-0.2, 0) is 0 Å². The first-order valence-electron chi connectivity index (χ1n) is 6.75. The molecule has 0 aromatic carbocycles. The number of aryl methyl sites for hydroxylation is 1. The van der Waals surface area contributed by atoms with Crippen LogP contribution in [0.2, 0.25) is 5.15 Å². The van der Waals surface area contributed by atoms with Gasteiger partial charge >= 0.3 is 0 Å². The number of fused-ring (bicyclic) bond motifs is 1. The summed E-state index contributed by atoms with van der Waals surface area (Å²) in [5.41, 5.74) is 1.31. The summed E-state index contributed by atoms with van der Waals surface area (Å²) < 4.78 is 1.93. The van der Waals surface area contributed by atoms with Gasteiger partial charge in [-0.1, -0.05) is 36.8 Å². The second-order valence-corrected chi connectivity index (χ2v) is 6.48. The zero-order valence-corrected chi connectivity index (χ0v) is 13.9. The molecule has 1 amide bonds. The van der Waals surface area contributed by atoms with Crippen LogP contribution in [0, 0.1) is 6.92 Å². The maximum absolute atomic E-state index is 12.5. The quantitative estimate of drug-likeness (QED) is 0.743. The number of carbonyl (C=O) groups excluding carboxylic acids is 1. The van der Waals surface area contributed by atoms with Crippen LogP contribution in [-0.4, -0.2) is 25.5 Å². The van der Waals surface area contributed by atoms with Crippen LogP contribution >= 0.6 is 22.9 Å². The van der Waals surface area contributed by atoms with Gasteiger partial charge < -0.3 is 5.32 Å². The van der Waals surface area contributed by atoms with Crippen molar-refractivity contribution in [2.45, 2.75) is 26.7 Å². The van der Waals surface area contributed by atoms with Gasteiger partial charge in [0.2, 0.25) is 4.96 Å². The molecule has 0 bridgehead atoms. The van der Waals surface area contributed by atoms with Crippen molar-refractivity contribution >= 4 is 39.5 Å². The molecule has 1 N–H and O–H groups in total. The smallest absolute Gasteiger partial charge is 0.267 e. The number of aromatic nitrogens is 4. The Labute approximate surface area is 136 Å². The van der Waals surface area contributed by atoms with Crippen LogP contribution < -0.4 is 5.32 Å². The fourth-order valence-corrected chi connectivity index (χ4v) is 3.31. The van der Waals surface area contributed by atoms with Crippen molar-refractivity contribution < 1.29 is 4.79 Å². The molecule has 0 saturated heterocycles. The summed E-state index contributed by atoms with van der Waals surface area (Å²) in [5.74, 6) is 0.854. The average Bonchev–Trinajstić information content (AvgIpc) is 3.02. The molecule has 8 heteroatoms. The van der Waals surface area contributed by atoms with Crippen molar-refractivity contribution in [1.29, 1.82) is 0 Å². The van der Waals surface area contributed by atoms with E-state index in [4.69, 9.17) is 11.6 Å². The number of thiazole rings is 1. The van der Waals surface area contributed by atoms with Crippen LogP contribution in [0.25, 0.3) is 4.96 Å². The number of halogens is 1. The molecule has 0 spiro atoms. The molecular formula is C14H14ClN5OS. The van der Waals surface area contributed by atoms with Gasteiger partial charge in [-0.05, 0) is 19.1 Å². The van der Waals surface area contributed by atoms with Gasteiger partial charge in [-0.3, -0.25) is 9.20 Å². The Hall–Kier alpha value is -1.99. The van der Waals surface area contributed by atoms with Crippen LogP contribution in [0.1, 0.15) is 41.0 Å². The number of hydrogen-bond acceptors (Lipinski definition) is 5. The van der Waals surface area contributed by atoms with E-state index in [1.54, 1.807) is 18.3 Å². The van der Waals surface area contributed by atoms with E-state index in [9.17, 15) is 4.79 Å². The Balaban J connectivity index is 1.98. The van der Waals surface area contributed by atoms with Gasteiger partial charge in [0.25, 0.3) is 5.91 Å². The van der Waals surface area contributed by atoms with Gasteiger partial charge in [-0.15, -0.1) is 10.2 Å². The molecule has 114 valence electrons. The molecule has 3 rings (SSSR count). The van der Waals surface area contributed by atoms with Crippen molar-refractivity contribution in [3.63, 3.8) is 0 Å². The molecule has 22 heavy (non-hydrogen) atoms. The molecule has 0 unspecified atom stereocenters. The van der Waals surface area contributed by atoms with Gasteiger partial charge in [0.05, 0.1) is 5.69 Å². The molecule has 6 nitrogen and oxygen atoms in total. The van der Waals surface area contributed by atoms with Gasteiger partial charge in [-0.2, -0.15) is 0 Å². The minimum atomic E-state index is -0.224. The molecule has 0 aliphatic rings. The molecule has 0 radical (unpaired) electrons. The van der Waals surface area contributed by atoms with E-state index in [0.717, 1.165) is 11.5 Å². The molecule has 0 fully saturated rings. The van der Waals surface area contributed by atoms with E-state index >= 15 is 0 Å². The van der Waals surface area contributed by atoms with Crippen LogP contribution in [0.5, 0.6) is 0 Å². The first-order chi connectivity index (χ1) is 10.5. The predicted molar refractivity (Wildman–Crippen MR) is 86.9 cm³/mol. The fourth-order valence-electron chi connectivity index (χ4n) is 2.17. The molecule has 0 atom stereocenters. The van der Waals surface area contributed by atoms with Crippen molar-refractivity contribution in [3.8, 4) is 0 Å². The number of rotatable bonds is 3. The number of hydrogen-bond donors (Lipinski definition) is 1. The lowest BCUT2D eigenvalue weighted by Gasteiger charge is -2.06. The maximum Gasteiger partial charge on any atom is 0.267 e. The van der Waals surface area contributed by atoms with E-state index in [2.05, 4.69) is 20.5 Å². The number of nitrogens with one attached hydrogen (secondary N) is 1. The topological polar surface area (TPSA) is 72.2 Å². The summed E-state index contributed by atoms with van der Waals surface area (Å²) in [6.45, 7) is 5.98. The highest BCUT2D eigenvalue weighted by molar-refractivity contribution is 7.19. The largest absolute Gasteiger partial charge is 0.319 e. The van der Waals surface area contributed by atoms with E-state index in [0.29, 0.717) is 15.5 Å². The maximum atomic E-state index is 12.5.